The monoisotopic (exact) mass is 244 g/mol. The van der Waals surface area contributed by atoms with Gasteiger partial charge in [-0.15, -0.1) is 0 Å². The minimum Gasteiger partial charge on any atom is -0.459 e. The molecule has 0 amide bonds. The molecule has 0 radical (unpaired) electrons. The summed E-state index contributed by atoms with van der Waals surface area (Å²) < 4.78 is 16.8. The lowest BCUT2D eigenvalue weighted by Crippen LogP contribution is -2.27. The Labute approximate surface area is 107 Å². The summed E-state index contributed by atoms with van der Waals surface area (Å²) in [6.07, 6.45) is 7.47. The Kier molecular flexibility index (Phi) is 2.94. The summed E-state index contributed by atoms with van der Waals surface area (Å²) in [5, 5.41) is 0. The van der Waals surface area contributed by atoms with E-state index in [0.29, 0.717) is 0 Å². The van der Waals surface area contributed by atoms with Crippen molar-refractivity contribution >= 4 is 6.08 Å². The van der Waals surface area contributed by atoms with E-state index in [-0.39, 0.29) is 6.29 Å². The molecule has 18 heavy (non-hydrogen) atoms. The maximum Gasteiger partial charge on any atom is 0.233 e. The number of hydrogen-bond acceptors (Lipinski definition) is 3. The van der Waals surface area contributed by atoms with Gasteiger partial charge in [0.15, 0.2) is 6.29 Å². The molecule has 2 unspecified atom stereocenters. The molecule has 2 heterocycles. The summed E-state index contributed by atoms with van der Waals surface area (Å²) in [6.45, 7) is 0. The van der Waals surface area contributed by atoms with Crippen LogP contribution in [0, 0.1) is 0 Å². The number of methoxy groups -OCH3 is 1. The predicted molar refractivity (Wildman–Crippen MR) is 68.5 cm³/mol. The van der Waals surface area contributed by atoms with Crippen LogP contribution in [0.25, 0.3) is 6.08 Å². The Hall–Kier alpha value is -1.58. The average molecular weight is 244 g/mol. The van der Waals surface area contributed by atoms with E-state index in [2.05, 4.69) is 0 Å². The lowest BCUT2D eigenvalue weighted by Gasteiger charge is -2.22. The van der Waals surface area contributed by atoms with Crippen LogP contribution in [0.15, 0.2) is 48.2 Å². The topological polar surface area (TPSA) is 27.7 Å². The molecule has 2 atom stereocenters. The molecule has 1 aromatic rings. The summed E-state index contributed by atoms with van der Waals surface area (Å²) in [7, 11) is 1.66. The Balaban J connectivity index is 1.73. The first kappa shape index (κ1) is 11.5. The van der Waals surface area contributed by atoms with Crippen LogP contribution in [0.4, 0.5) is 0 Å². The summed E-state index contributed by atoms with van der Waals surface area (Å²) >= 11 is 0. The first-order valence-corrected chi connectivity index (χ1v) is 6.15. The van der Waals surface area contributed by atoms with Gasteiger partial charge in [-0.3, -0.25) is 0 Å². The zero-order chi connectivity index (χ0) is 12.4. The van der Waals surface area contributed by atoms with Crippen LogP contribution < -0.4 is 0 Å². The molecule has 3 heteroatoms. The van der Waals surface area contributed by atoms with E-state index in [1.54, 1.807) is 7.11 Å². The van der Waals surface area contributed by atoms with Crippen LogP contribution in [0.2, 0.25) is 0 Å². The van der Waals surface area contributed by atoms with Crippen molar-refractivity contribution in [2.45, 2.75) is 24.9 Å². The van der Waals surface area contributed by atoms with Crippen molar-refractivity contribution in [2.75, 3.05) is 7.11 Å². The molecule has 2 aliphatic heterocycles. The molecule has 1 fully saturated rings. The third-order valence-electron chi connectivity index (χ3n) is 3.22. The van der Waals surface area contributed by atoms with Crippen molar-refractivity contribution in [3.05, 3.63) is 53.8 Å². The average Bonchev–Trinajstić information content (AvgIpc) is 2.99. The zero-order valence-corrected chi connectivity index (χ0v) is 10.3. The Bertz CT molecular complexity index is 478. The van der Waals surface area contributed by atoms with E-state index in [4.69, 9.17) is 14.2 Å². The van der Waals surface area contributed by atoms with Crippen molar-refractivity contribution in [1.29, 1.82) is 0 Å². The first-order chi connectivity index (χ1) is 8.80. The molecule has 1 aromatic carbocycles. The summed E-state index contributed by atoms with van der Waals surface area (Å²) in [5.74, 6) is 0.222. The van der Waals surface area contributed by atoms with Gasteiger partial charge >= 0.3 is 0 Å². The van der Waals surface area contributed by atoms with E-state index in [0.717, 1.165) is 24.2 Å². The fourth-order valence-electron chi connectivity index (χ4n) is 2.29. The van der Waals surface area contributed by atoms with Gasteiger partial charge in [0.2, 0.25) is 5.79 Å². The molecule has 1 saturated heterocycles. The van der Waals surface area contributed by atoms with Crippen LogP contribution in [0.5, 0.6) is 0 Å². The Morgan fingerprint density at radius 1 is 1.33 bits per heavy atom. The second-order valence-electron chi connectivity index (χ2n) is 4.53. The molecule has 94 valence electrons. The van der Waals surface area contributed by atoms with Gasteiger partial charge in [-0.2, -0.15) is 0 Å². The maximum absolute atomic E-state index is 5.89. The smallest absolute Gasteiger partial charge is 0.233 e. The van der Waals surface area contributed by atoms with Gasteiger partial charge in [0.05, 0.1) is 0 Å². The van der Waals surface area contributed by atoms with Crippen molar-refractivity contribution in [3.8, 4) is 0 Å². The number of ether oxygens (including phenoxy) is 3. The quantitative estimate of drug-likeness (QED) is 0.800. The van der Waals surface area contributed by atoms with Crippen LogP contribution in [0.1, 0.15) is 18.4 Å². The number of allylic oxidation sites excluding steroid dienone is 1. The molecule has 3 nitrogen and oxygen atoms in total. The van der Waals surface area contributed by atoms with Gasteiger partial charge in [-0.05, 0) is 23.8 Å². The van der Waals surface area contributed by atoms with Gasteiger partial charge in [0.1, 0.15) is 5.76 Å². The largest absolute Gasteiger partial charge is 0.459 e. The fourth-order valence-corrected chi connectivity index (χ4v) is 2.29. The highest BCUT2D eigenvalue weighted by atomic mass is 16.8. The second kappa shape index (κ2) is 4.59. The molecule has 2 aliphatic rings. The molecule has 0 aromatic heterocycles. The second-order valence-corrected chi connectivity index (χ2v) is 4.53. The van der Waals surface area contributed by atoms with Crippen molar-refractivity contribution < 1.29 is 14.2 Å². The molecule has 3 rings (SSSR count). The predicted octanol–water partition coefficient (Wildman–Crippen LogP) is 3.09. The lowest BCUT2D eigenvalue weighted by atomic mass is 10.2. The molecule has 1 spiro atoms. The van der Waals surface area contributed by atoms with Crippen LogP contribution >= 0.6 is 0 Å². The van der Waals surface area contributed by atoms with Crippen LogP contribution in [-0.2, 0) is 14.2 Å². The third kappa shape index (κ3) is 2.19. The van der Waals surface area contributed by atoms with E-state index in [1.165, 1.54) is 0 Å². The van der Waals surface area contributed by atoms with Crippen LogP contribution in [-0.4, -0.2) is 19.2 Å². The van der Waals surface area contributed by atoms with Gasteiger partial charge < -0.3 is 14.2 Å². The summed E-state index contributed by atoms with van der Waals surface area (Å²) in [6, 6.07) is 10.1. The third-order valence-corrected chi connectivity index (χ3v) is 3.22. The Morgan fingerprint density at radius 2 is 2.17 bits per heavy atom. The van der Waals surface area contributed by atoms with Gasteiger partial charge in [0, 0.05) is 20.0 Å². The number of rotatable bonds is 2. The molecule has 0 saturated carbocycles. The molecule has 0 aliphatic carbocycles. The Morgan fingerprint density at radius 3 is 2.89 bits per heavy atom. The van der Waals surface area contributed by atoms with E-state index < -0.39 is 5.79 Å². The summed E-state index contributed by atoms with van der Waals surface area (Å²) in [5.41, 5.74) is 1.12. The van der Waals surface area contributed by atoms with Crippen LogP contribution in [0.3, 0.4) is 0 Å². The highest BCUT2D eigenvalue weighted by Crippen LogP contribution is 2.39. The minimum absolute atomic E-state index is 0.161. The van der Waals surface area contributed by atoms with Crippen molar-refractivity contribution in [2.24, 2.45) is 0 Å². The molecular weight excluding hydrogens is 228 g/mol. The van der Waals surface area contributed by atoms with E-state index in [1.807, 2.05) is 48.6 Å². The molecule has 0 N–H and O–H groups in total. The lowest BCUT2D eigenvalue weighted by molar-refractivity contribution is -0.218. The number of benzene rings is 1. The van der Waals surface area contributed by atoms with E-state index in [9.17, 15) is 0 Å². The number of hydrogen-bond donors (Lipinski definition) is 0. The highest BCUT2D eigenvalue weighted by molar-refractivity contribution is 5.55. The van der Waals surface area contributed by atoms with Gasteiger partial charge in [0.25, 0.3) is 0 Å². The van der Waals surface area contributed by atoms with Crippen molar-refractivity contribution in [3.63, 3.8) is 0 Å². The van der Waals surface area contributed by atoms with Gasteiger partial charge in [-0.25, -0.2) is 0 Å². The maximum atomic E-state index is 5.89. The van der Waals surface area contributed by atoms with Gasteiger partial charge in [-0.1, -0.05) is 30.3 Å². The van der Waals surface area contributed by atoms with E-state index >= 15 is 0 Å². The highest BCUT2D eigenvalue weighted by Gasteiger charge is 2.43. The molecule has 0 bridgehead atoms. The minimum atomic E-state index is -0.610. The normalized spacial score (nSPS) is 32.3. The SMILES string of the molecule is COC1CCC2(C=C/C(=C/c3ccccc3)O2)O1. The fraction of sp³-hybridized carbons (Fsp3) is 0.333. The standard InChI is InChI=1S/C15H16O3/c1-16-14-8-10-15(18-14)9-7-13(17-15)11-12-5-3-2-4-6-12/h2-7,9,11,14H,8,10H2,1H3/b13-11-. The summed E-state index contributed by atoms with van der Waals surface area (Å²) in [4.78, 5) is 0. The first-order valence-electron chi connectivity index (χ1n) is 6.15. The molecular formula is C15H16O3. The zero-order valence-electron chi connectivity index (χ0n) is 10.3. The van der Waals surface area contributed by atoms with Crippen molar-refractivity contribution in [1.82, 2.24) is 0 Å².